The maximum atomic E-state index is 13.1. The van der Waals surface area contributed by atoms with Gasteiger partial charge in [-0.05, 0) is 61.7 Å². The van der Waals surface area contributed by atoms with Crippen LogP contribution in [0.3, 0.4) is 0 Å². The molecule has 0 saturated heterocycles. The maximum Gasteiger partial charge on any atom is 0.252 e. The molecule has 3 aromatic rings. The molecule has 0 bridgehead atoms. The first-order chi connectivity index (χ1) is 15.0. The second-order valence-corrected chi connectivity index (χ2v) is 7.95. The summed E-state index contributed by atoms with van der Waals surface area (Å²) >= 11 is 5.93. The van der Waals surface area contributed by atoms with Gasteiger partial charge in [0.25, 0.3) is 5.91 Å². The predicted octanol–water partition coefficient (Wildman–Crippen LogP) is 4.49. The third-order valence-corrected chi connectivity index (χ3v) is 5.37. The molecule has 1 amide bonds. The third kappa shape index (κ3) is 5.42. The van der Waals surface area contributed by atoms with Gasteiger partial charge >= 0.3 is 0 Å². The van der Waals surface area contributed by atoms with Gasteiger partial charge in [-0.2, -0.15) is 0 Å². The lowest BCUT2D eigenvalue weighted by atomic mass is 10.2. The van der Waals surface area contributed by atoms with Gasteiger partial charge in [0.05, 0.1) is 20.3 Å². The van der Waals surface area contributed by atoms with Crippen LogP contribution >= 0.6 is 11.6 Å². The van der Waals surface area contributed by atoms with Crippen molar-refractivity contribution in [1.29, 1.82) is 0 Å². The molecule has 4 rings (SSSR count). The molecule has 8 heteroatoms. The molecule has 0 spiro atoms. The second kappa shape index (κ2) is 9.49. The average Bonchev–Trinajstić information content (AvgIpc) is 3.53. The summed E-state index contributed by atoms with van der Waals surface area (Å²) in [6.07, 6.45) is 1.34. The first kappa shape index (κ1) is 21.3. The Bertz CT molecular complexity index is 1030. The first-order valence-corrected chi connectivity index (χ1v) is 10.5. The molecule has 7 nitrogen and oxygen atoms in total. The van der Waals surface area contributed by atoms with E-state index < -0.39 is 6.10 Å². The van der Waals surface area contributed by atoms with Gasteiger partial charge < -0.3 is 18.8 Å². The fraction of sp³-hybridized carbons (Fsp3) is 0.348. The zero-order valence-corrected chi connectivity index (χ0v) is 18.2. The Hall–Kier alpha value is -2.90. The zero-order chi connectivity index (χ0) is 21.8. The Balaban J connectivity index is 1.39. The van der Waals surface area contributed by atoms with E-state index in [1.165, 1.54) is 0 Å². The monoisotopic (exact) mass is 441 g/mol. The highest BCUT2D eigenvalue weighted by atomic mass is 35.5. The van der Waals surface area contributed by atoms with Gasteiger partial charge in [0, 0.05) is 16.6 Å². The van der Waals surface area contributed by atoms with Crippen LogP contribution in [0.1, 0.15) is 31.2 Å². The molecule has 1 aromatic heterocycles. The van der Waals surface area contributed by atoms with Crippen LogP contribution in [0, 0.1) is 0 Å². The molecule has 0 aliphatic heterocycles. The average molecular weight is 442 g/mol. The minimum Gasteiger partial charge on any atom is -0.497 e. The van der Waals surface area contributed by atoms with Crippen molar-refractivity contribution in [3.8, 4) is 17.2 Å². The van der Waals surface area contributed by atoms with Gasteiger partial charge in [0.2, 0.25) is 11.8 Å². The van der Waals surface area contributed by atoms with Crippen LogP contribution in [0.15, 0.2) is 52.9 Å². The van der Waals surface area contributed by atoms with Crippen molar-refractivity contribution in [3.63, 3.8) is 0 Å². The van der Waals surface area contributed by atoms with Crippen molar-refractivity contribution in [3.05, 3.63) is 65.0 Å². The highest BCUT2D eigenvalue weighted by Gasteiger charge is 2.36. The molecule has 0 radical (unpaired) electrons. The summed E-state index contributed by atoms with van der Waals surface area (Å²) in [4.78, 5) is 14.8. The minimum absolute atomic E-state index is 0.0864. The van der Waals surface area contributed by atoms with Gasteiger partial charge in [-0.3, -0.25) is 4.79 Å². The fourth-order valence-electron chi connectivity index (χ4n) is 3.23. The van der Waals surface area contributed by atoms with Crippen LogP contribution in [0.4, 0.5) is 0 Å². The summed E-state index contributed by atoms with van der Waals surface area (Å²) < 4.78 is 16.9. The van der Waals surface area contributed by atoms with E-state index in [1.807, 2.05) is 36.4 Å². The summed E-state index contributed by atoms with van der Waals surface area (Å²) in [5.74, 6) is 1.46. The van der Waals surface area contributed by atoms with E-state index in [2.05, 4.69) is 10.2 Å². The third-order valence-electron chi connectivity index (χ3n) is 5.12. The number of nitrogens with zero attached hydrogens (tertiary/aromatic N) is 3. The molecule has 1 aliphatic carbocycles. The van der Waals surface area contributed by atoms with Gasteiger partial charge in [-0.25, -0.2) is 0 Å². The first-order valence-electron chi connectivity index (χ1n) is 10.2. The molecule has 0 N–H and O–H groups in total. The number of halogens is 1. The molecule has 2 aromatic carbocycles. The molecule has 1 saturated carbocycles. The predicted molar refractivity (Wildman–Crippen MR) is 116 cm³/mol. The van der Waals surface area contributed by atoms with Crippen molar-refractivity contribution in [2.75, 3.05) is 7.11 Å². The summed E-state index contributed by atoms with van der Waals surface area (Å²) in [5.41, 5.74) is 1.73. The van der Waals surface area contributed by atoms with E-state index in [0.717, 1.165) is 29.7 Å². The standard InChI is InChI=1S/C23H24ClN3O4/c1-15(30-14-16-4-3-5-20(12-16)29-2)23(28)27(19-10-11-19)13-21-25-26-22(31-21)17-6-8-18(24)9-7-17/h3-9,12,15,19H,10-11,13-14H2,1-2H3. The van der Waals surface area contributed by atoms with Crippen LogP contribution in [-0.4, -0.2) is 40.3 Å². The lowest BCUT2D eigenvalue weighted by Crippen LogP contribution is -2.40. The number of carbonyl (C=O) groups is 1. The number of amides is 1. The topological polar surface area (TPSA) is 77.7 Å². The SMILES string of the molecule is COc1cccc(COC(C)C(=O)N(Cc2nnc(-c3ccc(Cl)cc3)o2)C2CC2)c1. The molecular weight excluding hydrogens is 418 g/mol. The summed E-state index contributed by atoms with van der Waals surface area (Å²) in [6, 6.07) is 15.0. The Morgan fingerprint density at radius 3 is 2.71 bits per heavy atom. The largest absolute Gasteiger partial charge is 0.497 e. The van der Waals surface area contributed by atoms with Crippen molar-refractivity contribution < 1.29 is 18.7 Å². The van der Waals surface area contributed by atoms with E-state index >= 15 is 0 Å². The summed E-state index contributed by atoms with van der Waals surface area (Å²) in [7, 11) is 1.62. The number of methoxy groups -OCH3 is 1. The Morgan fingerprint density at radius 2 is 2.00 bits per heavy atom. The van der Waals surface area contributed by atoms with Crippen molar-refractivity contribution >= 4 is 17.5 Å². The minimum atomic E-state index is -0.592. The van der Waals surface area contributed by atoms with E-state index in [-0.39, 0.29) is 18.5 Å². The highest BCUT2D eigenvalue weighted by Crippen LogP contribution is 2.30. The summed E-state index contributed by atoms with van der Waals surface area (Å²) in [5, 5.41) is 8.86. The second-order valence-electron chi connectivity index (χ2n) is 7.51. The Kier molecular flexibility index (Phi) is 6.53. The Morgan fingerprint density at radius 1 is 1.23 bits per heavy atom. The fourth-order valence-corrected chi connectivity index (χ4v) is 3.36. The highest BCUT2D eigenvalue weighted by molar-refractivity contribution is 6.30. The molecular formula is C23H24ClN3O4. The molecule has 162 valence electrons. The quantitative estimate of drug-likeness (QED) is 0.486. The molecule has 1 unspecified atom stereocenters. The van der Waals surface area contributed by atoms with Crippen LogP contribution in [-0.2, 0) is 22.7 Å². The number of rotatable bonds is 9. The van der Waals surface area contributed by atoms with E-state index in [0.29, 0.717) is 23.4 Å². The number of benzene rings is 2. The van der Waals surface area contributed by atoms with Crippen LogP contribution in [0.25, 0.3) is 11.5 Å². The Labute approximate surface area is 185 Å². The number of ether oxygens (including phenoxy) is 2. The van der Waals surface area contributed by atoms with E-state index in [1.54, 1.807) is 31.1 Å². The van der Waals surface area contributed by atoms with Gasteiger partial charge in [0.1, 0.15) is 11.9 Å². The van der Waals surface area contributed by atoms with Crippen LogP contribution in [0.2, 0.25) is 5.02 Å². The van der Waals surface area contributed by atoms with E-state index in [9.17, 15) is 4.79 Å². The molecule has 31 heavy (non-hydrogen) atoms. The van der Waals surface area contributed by atoms with Crippen molar-refractivity contribution in [2.45, 2.75) is 45.1 Å². The van der Waals surface area contributed by atoms with Gasteiger partial charge in [0.15, 0.2) is 0 Å². The van der Waals surface area contributed by atoms with Crippen molar-refractivity contribution in [1.82, 2.24) is 15.1 Å². The van der Waals surface area contributed by atoms with Gasteiger partial charge in [-0.15, -0.1) is 10.2 Å². The molecule has 1 atom stereocenters. The van der Waals surface area contributed by atoms with Crippen LogP contribution < -0.4 is 4.74 Å². The van der Waals surface area contributed by atoms with Gasteiger partial charge in [-0.1, -0.05) is 23.7 Å². The van der Waals surface area contributed by atoms with Crippen LogP contribution in [0.5, 0.6) is 5.75 Å². The molecule has 1 aliphatic rings. The number of aromatic nitrogens is 2. The van der Waals surface area contributed by atoms with Crippen molar-refractivity contribution in [2.24, 2.45) is 0 Å². The number of hydrogen-bond donors (Lipinski definition) is 0. The summed E-state index contributed by atoms with van der Waals surface area (Å²) in [6.45, 7) is 2.35. The lowest BCUT2D eigenvalue weighted by Gasteiger charge is -2.24. The maximum absolute atomic E-state index is 13.1. The normalized spacial score (nSPS) is 14.3. The lowest BCUT2D eigenvalue weighted by molar-refractivity contribution is -0.145. The van der Waals surface area contributed by atoms with E-state index in [4.69, 9.17) is 25.5 Å². The number of hydrogen-bond acceptors (Lipinski definition) is 6. The molecule has 1 fully saturated rings. The smallest absolute Gasteiger partial charge is 0.252 e. The number of carbonyl (C=O) groups excluding carboxylic acids is 1. The molecule has 1 heterocycles. The zero-order valence-electron chi connectivity index (χ0n) is 17.5.